The highest BCUT2D eigenvalue weighted by Gasteiger charge is 2.43. The number of rotatable bonds is 14. The molecule has 1 saturated carbocycles. The van der Waals surface area contributed by atoms with E-state index < -0.39 is 11.9 Å². The molecule has 2 heterocycles. The van der Waals surface area contributed by atoms with Gasteiger partial charge in [0, 0.05) is 60.2 Å². The number of ether oxygens (including phenoxy) is 2. The fourth-order valence-electron chi connectivity index (χ4n) is 6.46. The molecule has 3 aliphatic rings. The zero-order valence-corrected chi connectivity index (χ0v) is 28.3. The summed E-state index contributed by atoms with van der Waals surface area (Å²) in [5.74, 6) is 0.488. The fraction of sp³-hybridized carbons (Fsp3) is 0.378. The summed E-state index contributed by atoms with van der Waals surface area (Å²) in [6.45, 7) is 1.75. The van der Waals surface area contributed by atoms with E-state index >= 15 is 0 Å². The highest BCUT2D eigenvalue weighted by Crippen LogP contribution is 2.38. The molecule has 3 aromatic carbocycles. The van der Waals surface area contributed by atoms with E-state index in [1.807, 2.05) is 48.5 Å². The second kappa shape index (κ2) is 15.3. The van der Waals surface area contributed by atoms with Gasteiger partial charge in [-0.05, 0) is 79.3 Å². The normalized spacial score (nSPS) is 18.8. The van der Waals surface area contributed by atoms with Crippen molar-refractivity contribution in [2.75, 3.05) is 26.3 Å². The van der Waals surface area contributed by atoms with Gasteiger partial charge in [0.25, 0.3) is 5.91 Å². The zero-order chi connectivity index (χ0) is 33.6. The molecule has 0 aromatic heterocycles. The summed E-state index contributed by atoms with van der Waals surface area (Å²) < 4.78 is 27.5. The van der Waals surface area contributed by atoms with Gasteiger partial charge < -0.3 is 30.3 Å². The van der Waals surface area contributed by atoms with Gasteiger partial charge in [-0.25, -0.2) is 4.39 Å². The summed E-state index contributed by atoms with van der Waals surface area (Å²) in [7, 11) is 0. The van der Waals surface area contributed by atoms with Gasteiger partial charge in [-0.15, -0.1) is 0 Å². The molecule has 2 atom stereocenters. The third-order valence-electron chi connectivity index (χ3n) is 8.99. The molecule has 1 aliphatic carbocycles. The van der Waals surface area contributed by atoms with Crippen molar-refractivity contribution in [2.45, 2.75) is 63.2 Å². The van der Waals surface area contributed by atoms with Crippen molar-refractivity contribution >= 4 is 39.2 Å². The largest absolute Gasteiger partial charge is 0.490 e. The molecule has 1 saturated heterocycles. The average molecular weight is 720 g/mol. The number of nitrogens with two attached hydrogens (primary N) is 1. The first-order valence-corrected chi connectivity index (χ1v) is 17.3. The summed E-state index contributed by atoms with van der Waals surface area (Å²) in [6, 6.07) is 21.5. The van der Waals surface area contributed by atoms with Crippen LogP contribution < -0.4 is 20.5 Å². The van der Waals surface area contributed by atoms with E-state index in [1.54, 1.807) is 28.0 Å². The second-order valence-corrected chi connectivity index (χ2v) is 13.5. The SMILES string of the molecule is NC(=O)CCCC(=O)N1C[C@H]2CC(c3ccc(OCCOc4ccc(Br)cc4)cc3)=C(C(=O)N(Cc3ccccc3F)C3CC3)[C@@H](C1)N2. The number of nitrogens with one attached hydrogen (secondary N) is 1. The van der Waals surface area contributed by atoms with E-state index in [2.05, 4.69) is 21.2 Å². The first-order valence-electron chi connectivity index (χ1n) is 16.5. The fourth-order valence-corrected chi connectivity index (χ4v) is 6.73. The van der Waals surface area contributed by atoms with Gasteiger partial charge in [-0.2, -0.15) is 0 Å². The molecule has 2 fully saturated rings. The third-order valence-corrected chi connectivity index (χ3v) is 9.51. The highest BCUT2D eigenvalue weighted by atomic mass is 79.9. The van der Waals surface area contributed by atoms with Gasteiger partial charge >= 0.3 is 0 Å². The Morgan fingerprint density at radius 3 is 2.23 bits per heavy atom. The molecule has 0 spiro atoms. The lowest BCUT2D eigenvalue weighted by atomic mass is 9.82. The van der Waals surface area contributed by atoms with Crippen molar-refractivity contribution in [1.29, 1.82) is 0 Å². The van der Waals surface area contributed by atoms with Crippen molar-refractivity contribution < 1.29 is 28.2 Å². The van der Waals surface area contributed by atoms with Crippen LogP contribution in [0.1, 0.15) is 49.7 Å². The van der Waals surface area contributed by atoms with Gasteiger partial charge in [0.2, 0.25) is 11.8 Å². The minimum Gasteiger partial charge on any atom is -0.490 e. The number of fused-ring (bicyclic) bond motifs is 2. The lowest BCUT2D eigenvalue weighted by Gasteiger charge is -2.45. The van der Waals surface area contributed by atoms with Crippen LogP contribution in [0.3, 0.4) is 0 Å². The van der Waals surface area contributed by atoms with E-state index in [1.165, 1.54) is 6.07 Å². The van der Waals surface area contributed by atoms with Crippen molar-refractivity contribution in [1.82, 2.24) is 15.1 Å². The number of nitrogens with zero attached hydrogens (tertiary/aromatic N) is 2. The Kier molecular flexibility index (Phi) is 10.8. The van der Waals surface area contributed by atoms with Crippen LogP contribution in [0.25, 0.3) is 5.57 Å². The van der Waals surface area contributed by atoms with E-state index in [0.29, 0.717) is 56.0 Å². The van der Waals surface area contributed by atoms with Crippen LogP contribution in [-0.4, -0.2) is 72.0 Å². The van der Waals surface area contributed by atoms with Crippen LogP contribution in [0, 0.1) is 5.82 Å². The molecular weight excluding hydrogens is 679 g/mol. The maximum absolute atomic E-state index is 14.8. The predicted octanol–water partition coefficient (Wildman–Crippen LogP) is 5.22. The minimum absolute atomic E-state index is 0.0362. The van der Waals surface area contributed by atoms with Gasteiger partial charge in [-0.3, -0.25) is 14.4 Å². The number of amides is 3. The first-order chi connectivity index (χ1) is 23.2. The van der Waals surface area contributed by atoms with Crippen LogP contribution in [-0.2, 0) is 20.9 Å². The lowest BCUT2D eigenvalue weighted by molar-refractivity contribution is -0.134. The smallest absolute Gasteiger partial charge is 0.252 e. The Morgan fingerprint density at radius 2 is 1.58 bits per heavy atom. The molecule has 2 bridgehead atoms. The van der Waals surface area contributed by atoms with Crippen LogP contribution in [0.4, 0.5) is 4.39 Å². The van der Waals surface area contributed by atoms with Gasteiger partial charge in [0.05, 0.1) is 6.04 Å². The quantitative estimate of drug-likeness (QED) is 0.221. The molecule has 0 radical (unpaired) electrons. The monoisotopic (exact) mass is 718 g/mol. The number of carbonyl (C=O) groups is 3. The summed E-state index contributed by atoms with van der Waals surface area (Å²) in [5.41, 5.74) is 8.21. The third kappa shape index (κ3) is 8.43. The molecule has 11 heteroatoms. The number of hydrogen-bond donors (Lipinski definition) is 2. The maximum atomic E-state index is 14.8. The summed E-state index contributed by atoms with van der Waals surface area (Å²) >= 11 is 3.42. The highest BCUT2D eigenvalue weighted by molar-refractivity contribution is 9.10. The van der Waals surface area contributed by atoms with Gasteiger partial charge in [0.1, 0.15) is 30.5 Å². The standard InChI is InChI=1S/C37H40BrFN4O5/c38-26-10-16-30(17-11-26)48-19-18-47-29-14-8-24(9-15-29)31-20-27-22-42(35(45)7-3-6-34(40)44)23-33(41-27)36(31)37(46)43(28-12-13-28)21-25-4-1-2-5-32(25)39/h1-2,4-5,8-11,14-17,27-28,33,41H,3,6-7,12-13,18-23H2,(H2,40,44)/t27-,33-/m1/s1. The van der Waals surface area contributed by atoms with Crippen molar-refractivity contribution in [3.05, 3.63) is 99.8 Å². The molecule has 3 amide bonds. The van der Waals surface area contributed by atoms with Gasteiger partial charge in [-0.1, -0.05) is 46.3 Å². The number of primary amides is 1. The van der Waals surface area contributed by atoms with E-state index in [0.717, 1.165) is 34.2 Å². The van der Waals surface area contributed by atoms with E-state index in [-0.39, 0.29) is 49.1 Å². The predicted molar refractivity (Wildman–Crippen MR) is 183 cm³/mol. The molecular formula is C37H40BrFN4O5. The number of benzene rings is 3. The molecule has 252 valence electrons. The zero-order valence-electron chi connectivity index (χ0n) is 26.7. The molecule has 0 unspecified atom stereocenters. The molecule has 48 heavy (non-hydrogen) atoms. The molecule has 3 aromatic rings. The maximum Gasteiger partial charge on any atom is 0.252 e. The summed E-state index contributed by atoms with van der Waals surface area (Å²) in [4.78, 5) is 42.6. The molecule has 3 N–H and O–H groups in total. The molecule has 6 rings (SSSR count). The Hall–Kier alpha value is -4.22. The Balaban J connectivity index is 1.22. The topological polar surface area (TPSA) is 114 Å². The number of piperazine rings is 1. The minimum atomic E-state index is -0.430. The van der Waals surface area contributed by atoms with Crippen molar-refractivity contribution in [3.8, 4) is 11.5 Å². The van der Waals surface area contributed by atoms with Crippen LogP contribution >= 0.6 is 15.9 Å². The molecule has 2 aliphatic heterocycles. The number of hydrogen-bond acceptors (Lipinski definition) is 6. The Bertz CT molecular complexity index is 1660. The van der Waals surface area contributed by atoms with E-state index in [9.17, 15) is 18.8 Å². The second-order valence-electron chi connectivity index (χ2n) is 12.6. The average Bonchev–Trinajstić information content (AvgIpc) is 3.92. The Labute approximate surface area is 288 Å². The lowest BCUT2D eigenvalue weighted by Crippen LogP contribution is -2.62. The number of halogens is 2. The van der Waals surface area contributed by atoms with Crippen LogP contribution in [0.15, 0.2) is 82.8 Å². The summed E-state index contributed by atoms with van der Waals surface area (Å²) in [6.07, 6.45) is 3.05. The van der Waals surface area contributed by atoms with E-state index in [4.69, 9.17) is 15.2 Å². The van der Waals surface area contributed by atoms with Crippen molar-refractivity contribution in [2.24, 2.45) is 5.73 Å². The van der Waals surface area contributed by atoms with Crippen molar-refractivity contribution in [3.63, 3.8) is 0 Å². The Morgan fingerprint density at radius 1 is 0.917 bits per heavy atom. The van der Waals surface area contributed by atoms with Crippen LogP contribution in [0.5, 0.6) is 11.5 Å². The summed E-state index contributed by atoms with van der Waals surface area (Å²) in [5, 5.41) is 3.61. The first kappa shape index (κ1) is 33.7. The van der Waals surface area contributed by atoms with Gasteiger partial charge in [0.15, 0.2) is 0 Å². The number of carbonyl (C=O) groups excluding carboxylic acids is 3. The molecule has 9 nitrogen and oxygen atoms in total. The van der Waals surface area contributed by atoms with Crippen LogP contribution in [0.2, 0.25) is 0 Å².